The Labute approximate surface area is 157 Å². The highest BCUT2D eigenvalue weighted by molar-refractivity contribution is 5.78. The van der Waals surface area contributed by atoms with Crippen LogP contribution in [0, 0.1) is 0 Å². The molecule has 0 saturated heterocycles. The largest absolute Gasteiger partial charge is 0.416 e. The van der Waals surface area contributed by atoms with E-state index < -0.39 is 23.8 Å². The smallest absolute Gasteiger partial charge is 0.353 e. The number of urea groups is 1. The molecule has 27 heavy (non-hydrogen) atoms. The van der Waals surface area contributed by atoms with Crippen molar-refractivity contribution >= 4 is 11.9 Å². The molecule has 5 nitrogen and oxygen atoms in total. The molecule has 0 heterocycles. The van der Waals surface area contributed by atoms with Gasteiger partial charge >= 0.3 is 12.2 Å². The van der Waals surface area contributed by atoms with Crippen molar-refractivity contribution in [2.45, 2.75) is 63.7 Å². The van der Waals surface area contributed by atoms with Crippen LogP contribution < -0.4 is 16.0 Å². The maximum absolute atomic E-state index is 12.8. The van der Waals surface area contributed by atoms with Crippen LogP contribution in [0.3, 0.4) is 0 Å². The van der Waals surface area contributed by atoms with Gasteiger partial charge in [0.25, 0.3) is 0 Å². The number of amides is 3. The highest BCUT2D eigenvalue weighted by atomic mass is 19.4. The third-order valence-electron chi connectivity index (χ3n) is 4.67. The number of carbonyl (C=O) groups is 2. The first-order valence-electron chi connectivity index (χ1n) is 9.26. The fourth-order valence-electron chi connectivity index (χ4n) is 3.15. The van der Waals surface area contributed by atoms with Crippen molar-refractivity contribution in [1.29, 1.82) is 0 Å². The molecule has 3 N–H and O–H groups in total. The summed E-state index contributed by atoms with van der Waals surface area (Å²) in [4.78, 5) is 23.8. The number of benzene rings is 1. The molecule has 0 bridgehead atoms. The Morgan fingerprint density at radius 3 is 2.56 bits per heavy atom. The summed E-state index contributed by atoms with van der Waals surface area (Å²) >= 11 is 0. The Morgan fingerprint density at radius 1 is 1.19 bits per heavy atom. The molecule has 1 aromatic carbocycles. The third kappa shape index (κ3) is 7.11. The van der Waals surface area contributed by atoms with E-state index in [0.717, 1.165) is 37.8 Å². The summed E-state index contributed by atoms with van der Waals surface area (Å²) in [5.41, 5.74) is -0.400. The number of rotatable bonds is 6. The first kappa shape index (κ1) is 21.1. The van der Waals surface area contributed by atoms with Gasteiger partial charge < -0.3 is 16.0 Å². The van der Waals surface area contributed by atoms with Crippen molar-refractivity contribution in [3.63, 3.8) is 0 Å². The highest BCUT2D eigenvalue weighted by Gasteiger charge is 2.30. The molecule has 1 aliphatic rings. The molecule has 1 aromatic rings. The van der Waals surface area contributed by atoms with Crippen LogP contribution >= 0.6 is 0 Å². The molecule has 1 aliphatic carbocycles. The molecule has 1 fully saturated rings. The van der Waals surface area contributed by atoms with Crippen LogP contribution in [0.2, 0.25) is 0 Å². The van der Waals surface area contributed by atoms with Crippen molar-refractivity contribution < 1.29 is 22.8 Å². The molecule has 2 rings (SSSR count). The zero-order valence-electron chi connectivity index (χ0n) is 15.4. The second-order valence-electron chi connectivity index (χ2n) is 6.90. The minimum absolute atomic E-state index is 0.104. The lowest BCUT2D eigenvalue weighted by molar-refractivity contribution is -0.137. The van der Waals surface area contributed by atoms with Crippen molar-refractivity contribution in [1.82, 2.24) is 16.0 Å². The molecular formula is C19H26F3N3O2. The minimum atomic E-state index is -4.43. The van der Waals surface area contributed by atoms with E-state index in [9.17, 15) is 22.8 Å². The summed E-state index contributed by atoms with van der Waals surface area (Å²) in [5.74, 6) is -0.104. The van der Waals surface area contributed by atoms with E-state index in [4.69, 9.17) is 0 Å². The minimum Gasteiger partial charge on any atom is -0.353 e. The van der Waals surface area contributed by atoms with Crippen LogP contribution in [-0.2, 0) is 11.0 Å². The molecule has 0 aliphatic heterocycles. The van der Waals surface area contributed by atoms with Gasteiger partial charge in [-0.1, -0.05) is 31.4 Å². The lowest BCUT2D eigenvalue weighted by Gasteiger charge is -2.22. The van der Waals surface area contributed by atoms with Gasteiger partial charge in [-0.15, -0.1) is 0 Å². The van der Waals surface area contributed by atoms with Crippen molar-refractivity contribution in [3.05, 3.63) is 35.4 Å². The van der Waals surface area contributed by atoms with Crippen LogP contribution in [0.4, 0.5) is 18.0 Å². The predicted octanol–water partition coefficient (Wildman–Crippen LogP) is 3.90. The average molecular weight is 385 g/mol. The molecule has 1 unspecified atom stereocenters. The van der Waals surface area contributed by atoms with E-state index in [0.29, 0.717) is 5.56 Å². The van der Waals surface area contributed by atoms with E-state index in [1.807, 2.05) is 0 Å². The highest BCUT2D eigenvalue weighted by Crippen LogP contribution is 2.30. The number of alkyl halides is 3. The normalized spacial score (nSPS) is 16.4. The quantitative estimate of drug-likeness (QED) is 0.695. The molecular weight excluding hydrogens is 359 g/mol. The fourth-order valence-corrected chi connectivity index (χ4v) is 3.15. The summed E-state index contributed by atoms with van der Waals surface area (Å²) in [6, 6.07) is 3.94. The maximum Gasteiger partial charge on any atom is 0.416 e. The summed E-state index contributed by atoms with van der Waals surface area (Å²) in [6.07, 6.45) is 1.18. The van der Waals surface area contributed by atoms with Gasteiger partial charge in [0.05, 0.1) is 11.6 Å². The SMILES string of the molecule is CC(NC(=O)NCCC(=O)NC1CCCCC1)c1cccc(C(F)(F)F)c1. The van der Waals surface area contributed by atoms with Gasteiger partial charge in [-0.05, 0) is 37.5 Å². The number of halogens is 3. The van der Waals surface area contributed by atoms with Gasteiger partial charge in [-0.3, -0.25) is 4.79 Å². The van der Waals surface area contributed by atoms with Gasteiger partial charge in [-0.25, -0.2) is 4.79 Å². The Kier molecular flexibility index (Phi) is 7.50. The number of hydrogen-bond acceptors (Lipinski definition) is 2. The van der Waals surface area contributed by atoms with E-state index in [1.54, 1.807) is 6.92 Å². The third-order valence-corrected chi connectivity index (χ3v) is 4.67. The Morgan fingerprint density at radius 2 is 1.89 bits per heavy atom. The predicted molar refractivity (Wildman–Crippen MR) is 96.0 cm³/mol. The monoisotopic (exact) mass is 385 g/mol. The molecule has 0 radical (unpaired) electrons. The van der Waals surface area contributed by atoms with Crippen molar-refractivity contribution in [2.75, 3.05) is 6.54 Å². The molecule has 0 aromatic heterocycles. The summed E-state index contributed by atoms with van der Waals surface area (Å²) < 4.78 is 38.3. The Hall–Kier alpha value is -2.25. The standard InChI is InChI=1S/C19H26F3N3O2/c1-13(14-6-5-7-15(12-14)19(20,21)22)24-18(27)23-11-10-17(26)25-16-8-3-2-4-9-16/h5-7,12-13,16H,2-4,8-11H2,1H3,(H,25,26)(H2,23,24,27). The van der Waals surface area contributed by atoms with Crippen LogP contribution in [0.25, 0.3) is 0 Å². The summed E-state index contributed by atoms with van der Waals surface area (Å²) in [5, 5.41) is 8.11. The van der Waals surface area contributed by atoms with Gasteiger partial charge in [0.1, 0.15) is 0 Å². The number of hydrogen-bond donors (Lipinski definition) is 3. The van der Waals surface area contributed by atoms with E-state index in [1.165, 1.54) is 18.6 Å². The molecule has 150 valence electrons. The lowest BCUT2D eigenvalue weighted by atomic mass is 9.95. The number of nitrogens with one attached hydrogen (secondary N) is 3. The van der Waals surface area contributed by atoms with Gasteiger partial charge in [0.2, 0.25) is 5.91 Å². The molecule has 3 amide bonds. The van der Waals surface area contributed by atoms with Crippen molar-refractivity contribution in [3.8, 4) is 0 Å². The number of carbonyl (C=O) groups excluding carboxylic acids is 2. The fraction of sp³-hybridized carbons (Fsp3) is 0.579. The molecule has 1 saturated carbocycles. The van der Waals surface area contributed by atoms with Gasteiger partial charge in [0, 0.05) is 19.0 Å². The Balaban J connectivity index is 1.72. The second kappa shape index (κ2) is 9.62. The maximum atomic E-state index is 12.8. The first-order chi connectivity index (χ1) is 12.8. The van der Waals surface area contributed by atoms with Crippen LogP contribution in [-0.4, -0.2) is 24.5 Å². The van der Waals surface area contributed by atoms with Crippen molar-refractivity contribution in [2.24, 2.45) is 0 Å². The van der Waals surface area contributed by atoms with Crippen LogP contribution in [0.5, 0.6) is 0 Å². The van der Waals surface area contributed by atoms with E-state index in [-0.39, 0.29) is 24.9 Å². The summed E-state index contributed by atoms with van der Waals surface area (Å²) in [6.45, 7) is 1.77. The van der Waals surface area contributed by atoms with Gasteiger partial charge in [-0.2, -0.15) is 13.2 Å². The average Bonchev–Trinajstić information content (AvgIpc) is 2.62. The van der Waals surface area contributed by atoms with E-state index >= 15 is 0 Å². The summed E-state index contributed by atoms with van der Waals surface area (Å²) in [7, 11) is 0. The lowest BCUT2D eigenvalue weighted by Crippen LogP contribution is -2.41. The molecule has 0 spiro atoms. The molecule has 8 heteroatoms. The Bertz CT molecular complexity index is 643. The van der Waals surface area contributed by atoms with E-state index in [2.05, 4.69) is 16.0 Å². The zero-order valence-corrected chi connectivity index (χ0v) is 15.4. The zero-order chi connectivity index (χ0) is 19.9. The second-order valence-corrected chi connectivity index (χ2v) is 6.90. The van der Waals surface area contributed by atoms with Crippen LogP contribution in [0.15, 0.2) is 24.3 Å². The topological polar surface area (TPSA) is 70.2 Å². The first-order valence-corrected chi connectivity index (χ1v) is 9.26. The van der Waals surface area contributed by atoms with Gasteiger partial charge in [0.15, 0.2) is 0 Å². The van der Waals surface area contributed by atoms with Crippen LogP contribution in [0.1, 0.15) is 62.6 Å². The molecule has 1 atom stereocenters.